The maximum absolute atomic E-state index is 10.9. The summed E-state index contributed by atoms with van der Waals surface area (Å²) in [7, 11) is 0. The van der Waals surface area contributed by atoms with Gasteiger partial charge in [-0.1, -0.05) is 0 Å². The van der Waals surface area contributed by atoms with Crippen molar-refractivity contribution in [2.24, 2.45) is 0 Å². The van der Waals surface area contributed by atoms with E-state index in [1.54, 1.807) is 0 Å². The van der Waals surface area contributed by atoms with Crippen molar-refractivity contribution in [3.8, 4) is 0 Å². The van der Waals surface area contributed by atoms with E-state index in [0.717, 1.165) is 6.07 Å². The van der Waals surface area contributed by atoms with Crippen molar-refractivity contribution >= 4 is 5.82 Å². The molecule has 0 unspecified atom stereocenters. The summed E-state index contributed by atoms with van der Waals surface area (Å²) in [6.07, 6.45) is -4.40. The molecule has 1 rings (SSSR count). The van der Waals surface area contributed by atoms with Gasteiger partial charge in [-0.15, -0.1) is 0 Å². The van der Waals surface area contributed by atoms with E-state index in [1.165, 1.54) is 0 Å². The fraction of sp³-hybridized carbons (Fsp3) is 0.556. The maximum atomic E-state index is 10.9. The molecule has 9 heteroatoms. The predicted octanol–water partition coefficient (Wildman–Crippen LogP) is -3.45. The Bertz CT molecular complexity index is 455. The van der Waals surface area contributed by atoms with Crippen LogP contribution in [0.4, 0.5) is 5.82 Å². The summed E-state index contributed by atoms with van der Waals surface area (Å²) in [5, 5.41) is 39.0. The Labute approximate surface area is 101 Å². The van der Waals surface area contributed by atoms with Gasteiger partial charge in [0.05, 0.1) is 12.7 Å². The molecular weight excluding hydrogens is 246 g/mol. The molecule has 1 aromatic rings. The largest absolute Gasteiger partial charge is 0.394 e. The molecule has 3 atom stereocenters. The summed E-state index contributed by atoms with van der Waals surface area (Å²) in [4.78, 5) is 26.1. The van der Waals surface area contributed by atoms with Crippen LogP contribution in [0.2, 0.25) is 0 Å². The second-order valence-corrected chi connectivity index (χ2v) is 3.69. The van der Waals surface area contributed by atoms with Gasteiger partial charge < -0.3 is 25.7 Å². The third-order valence-electron chi connectivity index (χ3n) is 2.24. The first-order valence-electron chi connectivity index (χ1n) is 5.16. The maximum Gasteiger partial charge on any atom is 0.327 e. The highest BCUT2D eigenvalue weighted by molar-refractivity contribution is 5.31. The van der Waals surface area contributed by atoms with Gasteiger partial charge in [-0.2, -0.15) is 0 Å². The highest BCUT2D eigenvalue weighted by Gasteiger charge is 2.23. The van der Waals surface area contributed by atoms with Crippen LogP contribution in [0.3, 0.4) is 0 Å². The van der Waals surface area contributed by atoms with Crippen LogP contribution >= 0.6 is 0 Å². The second kappa shape index (κ2) is 6.31. The molecule has 0 aliphatic rings. The van der Waals surface area contributed by atoms with Crippen molar-refractivity contribution in [1.82, 2.24) is 9.97 Å². The molecular formula is C9H15N3O6. The molecule has 0 saturated carbocycles. The van der Waals surface area contributed by atoms with E-state index in [1.807, 2.05) is 4.98 Å². The van der Waals surface area contributed by atoms with Crippen molar-refractivity contribution in [2.75, 3.05) is 18.5 Å². The average Bonchev–Trinajstić information content (AvgIpc) is 2.32. The number of anilines is 1. The molecule has 0 aliphatic heterocycles. The Kier molecular flexibility index (Phi) is 5.04. The van der Waals surface area contributed by atoms with Gasteiger partial charge in [0.2, 0.25) is 0 Å². The Balaban J connectivity index is 2.59. The normalized spacial score (nSPS) is 16.0. The number of hydrogen-bond acceptors (Lipinski definition) is 7. The number of aliphatic hydroxyl groups excluding tert-OH is 4. The first kappa shape index (κ1) is 14.4. The van der Waals surface area contributed by atoms with E-state index >= 15 is 0 Å². The molecule has 0 saturated heterocycles. The van der Waals surface area contributed by atoms with Crippen LogP contribution in [0.5, 0.6) is 0 Å². The number of rotatable bonds is 6. The number of nitrogens with one attached hydrogen (secondary N) is 3. The third-order valence-corrected chi connectivity index (χ3v) is 2.24. The lowest BCUT2D eigenvalue weighted by Crippen LogP contribution is -2.43. The van der Waals surface area contributed by atoms with Crippen molar-refractivity contribution in [3.63, 3.8) is 0 Å². The van der Waals surface area contributed by atoms with Crippen molar-refractivity contribution in [1.29, 1.82) is 0 Å². The van der Waals surface area contributed by atoms with Crippen LogP contribution in [0, 0.1) is 0 Å². The summed E-state index contributed by atoms with van der Waals surface area (Å²) >= 11 is 0. The van der Waals surface area contributed by atoms with E-state index in [4.69, 9.17) is 10.2 Å². The fourth-order valence-corrected chi connectivity index (χ4v) is 1.26. The molecule has 0 amide bonds. The average molecular weight is 261 g/mol. The van der Waals surface area contributed by atoms with Crippen molar-refractivity contribution in [3.05, 3.63) is 26.9 Å². The smallest absolute Gasteiger partial charge is 0.327 e. The van der Waals surface area contributed by atoms with Gasteiger partial charge in [0, 0.05) is 12.6 Å². The Morgan fingerprint density at radius 3 is 2.39 bits per heavy atom. The molecule has 1 aromatic heterocycles. The molecule has 0 aromatic carbocycles. The topological polar surface area (TPSA) is 159 Å². The lowest BCUT2D eigenvalue weighted by Gasteiger charge is -2.21. The first-order chi connectivity index (χ1) is 8.43. The monoisotopic (exact) mass is 261 g/mol. The molecule has 18 heavy (non-hydrogen) atoms. The molecule has 0 fully saturated rings. The minimum absolute atomic E-state index is 0.0634. The van der Waals surface area contributed by atoms with E-state index in [0.29, 0.717) is 0 Å². The van der Waals surface area contributed by atoms with Gasteiger partial charge in [-0.25, -0.2) is 4.79 Å². The number of aromatic amines is 2. The quantitative estimate of drug-likeness (QED) is 0.280. The van der Waals surface area contributed by atoms with E-state index in [9.17, 15) is 19.8 Å². The SMILES string of the molecule is O=c1cc(NC[C@H](O)[C@H](O)[C@H](O)CO)[nH]c(=O)[nH]1. The molecule has 0 aliphatic carbocycles. The van der Waals surface area contributed by atoms with Crippen LogP contribution in [0.25, 0.3) is 0 Å². The Morgan fingerprint density at radius 2 is 1.83 bits per heavy atom. The van der Waals surface area contributed by atoms with Gasteiger partial charge in [0.15, 0.2) is 0 Å². The summed E-state index contributed by atoms with van der Waals surface area (Å²) in [5.41, 5.74) is -1.33. The zero-order valence-electron chi connectivity index (χ0n) is 9.33. The van der Waals surface area contributed by atoms with Crippen molar-refractivity contribution < 1.29 is 20.4 Å². The minimum Gasteiger partial charge on any atom is -0.394 e. The van der Waals surface area contributed by atoms with Crippen LogP contribution in [-0.4, -0.2) is 61.9 Å². The van der Waals surface area contributed by atoms with Crippen LogP contribution in [0.1, 0.15) is 0 Å². The first-order valence-corrected chi connectivity index (χ1v) is 5.16. The van der Waals surface area contributed by atoms with Crippen molar-refractivity contribution in [2.45, 2.75) is 18.3 Å². The molecule has 102 valence electrons. The van der Waals surface area contributed by atoms with Gasteiger partial charge in [-0.05, 0) is 0 Å². The van der Waals surface area contributed by atoms with Crippen LogP contribution in [-0.2, 0) is 0 Å². The van der Waals surface area contributed by atoms with Crippen LogP contribution < -0.4 is 16.6 Å². The van der Waals surface area contributed by atoms with Gasteiger partial charge >= 0.3 is 5.69 Å². The number of H-pyrrole nitrogens is 2. The minimum atomic E-state index is -1.55. The standard InChI is InChI=1S/C9H15N3O6/c13-3-5(15)8(17)4(14)2-10-6-1-7(16)12-9(18)11-6/h1,4-5,8,13-15,17H,2-3H2,(H3,10,11,12,16,18)/t4-,5+,8-/m0/s1. The molecule has 1 heterocycles. The lowest BCUT2D eigenvalue weighted by atomic mass is 10.1. The summed E-state index contributed by atoms with van der Waals surface area (Å²) in [6, 6.07) is 1.06. The highest BCUT2D eigenvalue weighted by atomic mass is 16.4. The lowest BCUT2D eigenvalue weighted by molar-refractivity contribution is -0.0715. The second-order valence-electron chi connectivity index (χ2n) is 3.69. The number of aliphatic hydroxyl groups is 4. The summed E-state index contributed by atoms with van der Waals surface area (Å²) < 4.78 is 0. The number of hydrogen-bond donors (Lipinski definition) is 7. The third kappa shape index (κ3) is 3.96. The van der Waals surface area contributed by atoms with Crippen LogP contribution in [0.15, 0.2) is 15.7 Å². The molecule has 0 bridgehead atoms. The Morgan fingerprint density at radius 1 is 1.17 bits per heavy atom. The van der Waals surface area contributed by atoms with E-state index < -0.39 is 36.2 Å². The summed E-state index contributed by atoms with van der Waals surface area (Å²) in [5.74, 6) is 0.0634. The highest BCUT2D eigenvalue weighted by Crippen LogP contribution is 2.01. The van der Waals surface area contributed by atoms with Gasteiger partial charge in [-0.3, -0.25) is 14.8 Å². The van der Waals surface area contributed by atoms with E-state index in [2.05, 4.69) is 10.3 Å². The van der Waals surface area contributed by atoms with E-state index in [-0.39, 0.29) is 12.4 Å². The fourth-order valence-electron chi connectivity index (χ4n) is 1.26. The molecule has 0 spiro atoms. The molecule has 7 N–H and O–H groups in total. The molecule has 0 radical (unpaired) electrons. The Hall–Kier alpha value is -1.68. The predicted molar refractivity (Wildman–Crippen MR) is 61.3 cm³/mol. The zero-order chi connectivity index (χ0) is 13.7. The van der Waals surface area contributed by atoms with Gasteiger partial charge in [0.1, 0.15) is 18.0 Å². The molecule has 9 nitrogen and oxygen atoms in total. The summed E-state index contributed by atoms with van der Waals surface area (Å²) in [6.45, 7) is -0.919. The zero-order valence-corrected chi connectivity index (χ0v) is 9.33. The van der Waals surface area contributed by atoms with Gasteiger partial charge in [0.25, 0.3) is 5.56 Å². The number of aromatic nitrogens is 2.